The highest BCUT2D eigenvalue weighted by Gasteiger charge is 2.35. The van der Waals surface area contributed by atoms with Crippen LogP contribution in [-0.2, 0) is 0 Å². The van der Waals surface area contributed by atoms with E-state index in [2.05, 4.69) is 36.6 Å². The minimum absolute atomic E-state index is 0.331. The largest absolute Gasteiger partial charge is 0.271 e. The molecule has 2 heteroatoms. The lowest BCUT2D eigenvalue weighted by atomic mass is 9.65. The molecule has 1 aromatic carbocycles. The summed E-state index contributed by atoms with van der Waals surface area (Å²) in [6.07, 6.45) is 9.95. The molecule has 2 nitrogen and oxygen atoms in total. The number of hydrazine groups is 1. The molecule has 0 saturated heterocycles. The fourth-order valence-electron chi connectivity index (χ4n) is 4.58. The Balaban J connectivity index is 1.73. The minimum atomic E-state index is 0.331. The van der Waals surface area contributed by atoms with Gasteiger partial charge in [0, 0.05) is 6.04 Å². The average molecular weight is 272 g/mol. The summed E-state index contributed by atoms with van der Waals surface area (Å²) in [5, 5.41) is 0. The average Bonchev–Trinajstić information content (AvgIpc) is 2.48. The van der Waals surface area contributed by atoms with Gasteiger partial charge in [-0.05, 0) is 49.5 Å². The molecule has 0 heterocycles. The lowest BCUT2D eigenvalue weighted by molar-refractivity contribution is 0.109. The zero-order chi connectivity index (χ0) is 13.9. The molecule has 1 aromatic rings. The molecule has 4 atom stereocenters. The van der Waals surface area contributed by atoms with Crippen LogP contribution in [0.4, 0.5) is 0 Å². The summed E-state index contributed by atoms with van der Waals surface area (Å²) < 4.78 is 0. The van der Waals surface area contributed by atoms with E-state index < -0.39 is 0 Å². The second-order valence-corrected chi connectivity index (χ2v) is 6.94. The van der Waals surface area contributed by atoms with E-state index in [1.807, 2.05) is 0 Å². The summed E-state index contributed by atoms with van der Waals surface area (Å²) in [6, 6.07) is 9.16. The zero-order valence-corrected chi connectivity index (χ0v) is 12.6. The van der Waals surface area contributed by atoms with Gasteiger partial charge in [-0.3, -0.25) is 11.3 Å². The number of hydrogen-bond acceptors (Lipinski definition) is 2. The second-order valence-electron chi connectivity index (χ2n) is 6.94. The van der Waals surface area contributed by atoms with Crippen molar-refractivity contribution in [3.63, 3.8) is 0 Å². The van der Waals surface area contributed by atoms with Crippen LogP contribution in [0.15, 0.2) is 24.3 Å². The van der Waals surface area contributed by atoms with Gasteiger partial charge in [0.05, 0.1) is 0 Å². The number of benzene rings is 1. The molecule has 0 aliphatic heterocycles. The number of fused-ring (bicyclic) bond motifs is 1. The van der Waals surface area contributed by atoms with Gasteiger partial charge in [0.1, 0.15) is 0 Å². The van der Waals surface area contributed by atoms with Crippen molar-refractivity contribution in [2.45, 2.75) is 57.9 Å². The lowest BCUT2D eigenvalue weighted by Crippen LogP contribution is -2.38. The molecule has 2 fully saturated rings. The molecule has 0 bridgehead atoms. The molecule has 2 saturated carbocycles. The summed E-state index contributed by atoms with van der Waals surface area (Å²) in [7, 11) is 0. The van der Waals surface area contributed by atoms with Crippen molar-refractivity contribution >= 4 is 0 Å². The fraction of sp³-hybridized carbons (Fsp3) is 0.667. The highest BCUT2D eigenvalue weighted by atomic mass is 15.2. The minimum Gasteiger partial charge on any atom is -0.271 e. The number of nitrogens with one attached hydrogen (secondary N) is 1. The molecule has 2 aliphatic carbocycles. The molecule has 20 heavy (non-hydrogen) atoms. The van der Waals surface area contributed by atoms with Gasteiger partial charge in [-0.15, -0.1) is 0 Å². The van der Waals surface area contributed by atoms with Gasteiger partial charge < -0.3 is 0 Å². The van der Waals surface area contributed by atoms with Gasteiger partial charge in [-0.2, -0.15) is 0 Å². The van der Waals surface area contributed by atoms with Crippen LogP contribution in [0.2, 0.25) is 0 Å². The van der Waals surface area contributed by atoms with Crippen molar-refractivity contribution < 1.29 is 0 Å². The maximum Gasteiger partial charge on any atom is 0.0488 e. The van der Waals surface area contributed by atoms with Crippen molar-refractivity contribution in [3.05, 3.63) is 35.4 Å². The van der Waals surface area contributed by atoms with E-state index in [-0.39, 0.29) is 0 Å². The van der Waals surface area contributed by atoms with Crippen molar-refractivity contribution in [1.82, 2.24) is 5.43 Å². The normalized spacial score (nSPS) is 31.6. The van der Waals surface area contributed by atoms with Crippen LogP contribution in [-0.4, -0.2) is 0 Å². The van der Waals surface area contributed by atoms with Gasteiger partial charge in [-0.25, -0.2) is 0 Å². The Hall–Kier alpha value is -0.860. The van der Waals surface area contributed by atoms with Gasteiger partial charge >= 0.3 is 0 Å². The van der Waals surface area contributed by atoms with E-state index in [9.17, 15) is 0 Å². The van der Waals surface area contributed by atoms with E-state index in [0.717, 1.165) is 11.8 Å². The third kappa shape index (κ3) is 2.91. The van der Waals surface area contributed by atoms with Crippen LogP contribution >= 0.6 is 0 Å². The molecule has 3 rings (SSSR count). The van der Waals surface area contributed by atoms with Gasteiger partial charge in [0.2, 0.25) is 0 Å². The Kier molecular flexibility index (Phi) is 4.42. The molecule has 0 spiro atoms. The first kappa shape index (κ1) is 14.1. The smallest absolute Gasteiger partial charge is 0.0488 e. The van der Waals surface area contributed by atoms with Crippen LogP contribution < -0.4 is 11.3 Å². The molecule has 3 N–H and O–H groups in total. The fourth-order valence-corrected chi connectivity index (χ4v) is 4.58. The monoisotopic (exact) mass is 272 g/mol. The van der Waals surface area contributed by atoms with Gasteiger partial charge in [0.25, 0.3) is 0 Å². The lowest BCUT2D eigenvalue weighted by Gasteiger charge is -2.42. The summed E-state index contributed by atoms with van der Waals surface area (Å²) in [5.74, 6) is 8.58. The standard InChI is InChI=1S/C18H28N2/c1-13-5-4-8-16(11-13)18(20-19)17-10-9-14-6-2-3-7-15(14)12-17/h4-5,8,11,14-15,17-18,20H,2-3,6-7,9-10,12,19H2,1H3. The van der Waals surface area contributed by atoms with Crippen LogP contribution in [0, 0.1) is 24.7 Å². The van der Waals surface area contributed by atoms with Gasteiger partial charge in [-0.1, -0.05) is 55.5 Å². The van der Waals surface area contributed by atoms with Crippen molar-refractivity contribution in [2.75, 3.05) is 0 Å². The van der Waals surface area contributed by atoms with Crippen LogP contribution in [0.1, 0.15) is 62.1 Å². The van der Waals surface area contributed by atoms with Crippen molar-refractivity contribution in [3.8, 4) is 0 Å². The van der Waals surface area contributed by atoms with E-state index in [0.29, 0.717) is 12.0 Å². The first-order valence-electron chi connectivity index (χ1n) is 8.30. The third-order valence-corrected chi connectivity index (χ3v) is 5.63. The Morgan fingerprint density at radius 1 is 1.10 bits per heavy atom. The number of hydrogen-bond donors (Lipinski definition) is 2. The highest BCUT2D eigenvalue weighted by molar-refractivity contribution is 5.25. The highest BCUT2D eigenvalue weighted by Crippen LogP contribution is 2.46. The quantitative estimate of drug-likeness (QED) is 0.642. The SMILES string of the molecule is Cc1cccc(C(NN)C2CCC3CCCCC3C2)c1. The maximum absolute atomic E-state index is 5.90. The molecule has 0 amide bonds. The number of rotatable bonds is 3. The molecule has 2 aliphatic rings. The maximum atomic E-state index is 5.90. The zero-order valence-electron chi connectivity index (χ0n) is 12.6. The molecule has 0 aromatic heterocycles. The molecule has 4 unspecified atom stereocenters. The number of aryl methyl sites for hydroxylation is 1. The summed E-state index contributed by atoms with van der Waals surface area (Å²) in [4.78, 5) is 0. The third-order valence-electron chi connectivity index (χ3n) is 5.63. The van der Waals surface area contributed by atoms with Crippen LogP contribution in [0.5, 0.6) is 0 Å². The molecule has 0 radical (unpaired) electrons. The summed E-state index contributed by atoms with van der Waals surface area (Å²) >= 11 is 0. The van der Waals surface area contributed by atoms with Crippen LogP contribution in [0.3, 0.4) is 0 Å². The first-order valence-corrected chi connectivity index (χ1v) is 8.30. The summed E-state index contributed by atoms with van der Waals surface area (Å²) in [5.41, 5.74) is 5.81. The topological polar surface area (TPSA) is 38.0 Å². The van der Waals surface area contributed by atoms with E-state index in [1.165, 1.54) is 56.1 Å². The predicted molar refractivity (Wildman–Crippen MR) is 84.0 cm³/mol. The van der Waals surface area contributed by atoms with Crippen molar-refractivity contribution in [2.24, 2.45) is 23.6 Å². The second kappa shape index (κ2) is 6.28. The Morgan fingerprint density at radius 2 is 1.90 bits per heavy atom. The van der Waals surface area contributed by atoms with E-state index in [1.54, 1.807) is 0 Å². The van der Waals surface area contributed by atoms with E-state index >= 15 is 0 Å². The molecular formula is C18H28N2. The Bertz CT molecular complexity index is 443. The van der Waals surface area contributed by atoms with E-state index in [4.69, 9.17) is 5.84 Å². The Morgan fingerprint density at radius 3 is 2.65 bits per heavy atom. The summed E-state index contributed by atoms with van der Waals surface area (Å²) in [6.45, 7) is 2.16. The Labute approximate surface area is 123 Å². The first-order chi connectivity index (χ1) is 9.78. The van der Waals surface area contributed by atoms with Gasteiger partial charge in [0.15, 0.2) is 0 Å². The van der Waals surface area contributed by atoms with Crippen LogP contribution in [0.25, 0.3) is 0 Å². The van der Waals surface area contributed by atoms with Crippen molar-refractivity contribution in [1.29, 1.82) is 0 Å². The predicted octanol–water partition coefficient (Wildman–Crippen LogP) is 4.11. The molecular weight excluding hydrogens is 244 g/mol. The molecule has 110 valence electrons. The number of nitrogens with two attached hydrogens (primary N) is 1.